The summed E-state index contributed by atoms with van der Waals surface area (Å²) in [6, 6.07) is 0. The Morgan fingerprint density at radius 1 is 1.29 bits per heavy atom. The third-order valence-electron chi connectivity index (χ3n) is 2.53. The van der Waals surface area contributed by atoms with Gasteiger partial charge in [0, 0.05) is 13.0 Å². The molecule has 1 aliphatic rings. The van der Waals surface area contributed by atoms with Crippen molar-refractivity contribution >= 4 is 23.6 Å². The Morgan fingerprint density at radius 2 is 2.06 bits per heavy atom. The lowest BCUT2D eigenvalue weighted by Gasteiger charge is -2.14. The summed E-state index contributed by atoms with van der Waals surface area (Å²) in [5, 5.41) is -0.159. The van der Waals surface area contributed by atoms with Crippen LogP contribution in [0.5, 0.6) is 0 Å². The third-order valence-corrected chi connectivity index (χ3v) is 3.95. The quantitative estimate of drug-likeness (QED) is 0.491. The third kappa shape index (κ3) is 4.32. The van der Waals surface area contributed by atoms with E-state index in [9.17, 15) is 9.59 Å². The number of hydrogen-bond donors (Lipinski definition) is 0. The van der Waals surface area contributed by atoms with Crippen LogP contribution in [0.25, 0.3) is 0 Å². The Labute approximate surface area is 107 Å². The van der Waals surface area contributed by atoms with Crippen LogP contribution in [0.2, 0.25) is 0 Å². The van der Waals surface area contributed by atoms with Crippen LogP contribution in [0, 0.1) is 0 Å². The number of carbonyl (C=O) groups excluding carboxylic acids is 2. The minimum atomic E-state index is -0.159. The molecule has 1 fully saturated rings. The van der Waals surface area contributed by atoms with Gasteiger partial charge in [0.05, 0.1) is 18.4 Å². The molecule has 4 nitrogen and oxygen atoms in total. The van der Waals surface area contributed by atoms with Crippen LogP contribution in [-0.2, 0) is 14.3 Å². The Morgan fingerprint density at radius 3 is 2.71 bits per heavy atom. The highest BCUT2D eigenvalue weighted by molar-refractivity contribution is 8.00. The minimum Gasteiger partial charge on any atom is -0.380 e. The second-order valence-corrected chi connectivity index (χ2v) is 5.37. The molecule has 0 saturated carbocycles. The van der Waals surface area contributed by atoms with Gasteiger partial charge in [0.2, 0.25) is 11.8 Å². The van der Waals surface area contributed by atoms with Gasteiger partial charge in [0.25, 0.3) is 0 Å². The average Bonchev–Trinajstić information content (AvgIpc) is 2.58. The molecular weight excluding hydrogens is 238 g/mol. The lowest BCUT2D eigenvalue weighted by atomic mass is 10.4. The maximum absolute atomic E-state index is 11.9. The second-order valence-electron chi connectivity index (χ2n) is 4.06. The molecular formula is C12H21NO3S. The smallest absolute Gasteiger partial charge is 0.242 e. The standard InChI is InChI=1S/C12H21NO3S/c1-3-6-16-7-5-13-11(14)9-10(12(13)15)17-8-4-2/h10H,3-9H2,1-2H3. The van der Waals surface area contributed by atoms with E-state index < -0.39 is 0 Å². The number of thioether (sulfide) groups is 1. The van der Waals surface area contributed by atoms with Gasteiger partial charge in [-0.1, -0.05) is 13.8 Å². The lowest BCUT2D eigenvalue weighted by Crippen LogP contribution is -2.34. The number of hydrogen-bond acceptors (Lipinski definition) is 4. The Kier molecular flexibility index (Phi) is 6.58. The van der Waals surface area contributed by atoms with E-state index in [1.807, 2.05) is 6.92 Å². The highest BCUT2D eigenvalue weighted by Gasteiger charge is 2.38. The average molecular weight is 259 g/mol. The Bertz CT molecular complexity index is 270. The van der Waals surface area contributed by atoms with Crippen molar-refractivity contribution in [3.05, 3.63) is 0 Å². The molecule has 1 atom stereocenters. The van der Waals surface area contributed by atoms with Gasteiger partial charge in [0.15, 0.2) is 0 Å². The van der Waals surface area contributed by atoms with Crippen molar-refractivity contribution in [2.75, 3.05) is 25.5 Å². The normalized spacial score (nSPS) is 20.4. The van der Waals surface area contributed by atoms with E-state index in [-0.39, 0.29) is 17.1 Å². The maximum atomic E-state index is 11.9. The summed E-state index contributed by atoms with van der Waals surface area (Å²) in [5.74, 6) is 0.849. The maximum Gasteiger partial charge on any atom is 0.242 e. The predicted molar refractivity (Wildman–Crippen MR) is 69.0 cm³/mol. The summed E-state index contributed by atoms with van der Waals surface area (Å²) in [6.45, 7) is 5.65. The summed E-state index contributed by atoms with van der Waals surface area (Å²) in [5.41, 5.74) is 0. The van der Waals surface area contributed by atoms with Crippen molar-refractivity contribution in [3.8, 4) is 0 Å². The molecule has 0 radical (unpaired) electrons. The summed E-state index contributed by atoms with van der Waals surface area (Å²) >= 11 is 1.59. The zero-order valence-electron chi connectivity index (χ0n) is 10.6. The van der Waals surface area contributed by atoms with E-state index in [1.54, 1.807) is 11.8 Å². The first-order chi connectivity index (χ1) is 8.20. The highest BCUT2D eigenvalue weighted by atomic mass is 32.2. The molecule has 5 heteroatoms. The van der Waals surface area contributed by atoms with Crippen molar-refractivity contribution in [2.45, 2.75) is 38.4 Å². The Hall–Kier alpha value is -0.550. The van der Waals surface area contributed by atoms with Crippen molar-refractivity contribution in [3.63, 3.8) is 0 Å². The van der Waals surface area contributed by atoms with E-state index in [1.165, 1.54) is 4.90 Å². The number of nitrogens with zero attached hydrogens (tertiary/aromatic N) is 1. The molecule has 1 heterocycles. The SMILES string of the molecule is CCCOCCN1C(=O)CC(SCCC)C1=O. The number of ether oxygens (including phenoxy) is 1. The van der Waals surface area contributed by atoms with Crippen LogP contribution in [0.4, 0.5) is 0 Å². The number of rotatable bonds is 8. The summed E-state index contributed by atoms with van der Waals surface area (Å²) < 4.78 is 5.30. The van der Waals surface area contributed by atoms with Crippen LogP contribution in [-0.4, -0.2) is 47.5 Å². The van der Waals surface area contributed by atoms with E-state index in [2.05, 4.69) is 6.92 Å². The van der Waals surface area contributed by atoms with Crippen LogP contribution < -0.4 is 0 Å². The fourth-order valence-corrected chi connectivity index (χ4v) is 2.73. The van der Waals surface area contributed by atoms with Crippen LogP contribution in [0.1, 0.15) is 33.1 Å². The first-order valence-corrected chi connectivity index (χ1v) is 7.29. The Balaban J connectivity index is 2.34. The first kappa shape index (κ1) is 14.5. The molecule has 0 N–H and O–H groups in total. The van der Waals surface area contributed by atoms with E-state index in [4.69, 9.17) is 4.74 Å². The van der Waals surface area contributed by atoms with E-state index in [0.717, 1.165) is 18.6 Å². The molecule has 17 heavy (non-hydrogen) atoms. The van der Waals surface area contributed by atoms with Crippen molar-refractivity contribution in [1.82, 2.24) is 4.90 Å². The largest absolute Gasteiger partial charge is 0.380 e. The highest BCUT2D eigenvalue weighted by Crippen LogP contribution is 2.25. The monoisotopic (exact) mass is 259 g/mol. The van der Waals surface area contributed by atoms with Crippen molar-refractivity contribution in [2.24, 2.45) is 0 Å². The molecule has 0 spiro atoms. The van der Waals surface area contributed by atoms with E-state index >= 15 is 0 Å². The van der Waals surface area contributed by atoms with Gasteiger partial charge < -0.3 is 4.74 Å². The molecule has 1 unspecified atom stereocenters. The number of imide groups is 1. The van der Waals surface area contributed by atoms with Gasteiger partial charge in [0.1, 0.15) is 0 Å². The number of carbonyl (C=O) groups is 2. The van der Waals surface area contributed by atoms with Gasteiger partial charge in [-0.2, -0.15) is 0 Å². The fraction of sp³-hybridized carbons (Fsp3) is 0.833. The molecule has 1 rings (SSSR count). The van der Waals surface area contributed by atoms with Crippen LogP contribution >= 0.6 is 11.8 Å². The van der Waals surface area contributed by atoms with Gasteiger partial charge in [-0.15, -0.1) is 11.8 Å². The second kappa shape index (κ2) is 7.71. The molecule has 1 saturated heterocycles. The zero-order valence-corrected chi connectivity index (χ0v) is 11.4. The molecule has 0 aromatic rings. The molecule has 0 aliphatic carbocycles. The van der Waals surface area contributed by atoms with Crippen molar-refractivity contribution < 1.29 is 14.3 Å². The molecule has 1 aliphatic heterocycles. The van der Waals surface area contributed by atoms with Gasteiger partial charge in [-0.3, -0.25) is 14.5 Å². The number of likely N-dealkylation sites (tertiary alicyclic amines) is 1. The molecule has 2 amide bonds. The minimum absolute atomic E-state index is 0.0338. The summed E-state index contributed by atoms with van der Waals surface area (Å²) in [7, 11) is 0. The van der Waals surface area contributed by atoms with Gasteiger partial charge in [-0.25, -0.2) is 0 Å². The molecule has 0 aromatic heterocycles. The molecule has 0 bridgehead atoms. The van der Waals surface area contributed by atoms with E-state index in [0.29, 0.717) is 26.2 Å². The van der Waals surface area contributed by atoms with Gasteiger partial charge in [-0.05, 0) is 18.6 Å². The molecule has 0 aromatic carbocycles. The number of amides is 2. The lowest BCUT2D eigenvalue weighted by molar-refractivity contribution is -0.139. The van der Waals surface area contributed by atoms with Gasteiger partial charge >= 0.3 is 0 Å². The predicted octanol–water partition coefficient (Wildman–Crippen LogP) is 1.68. The summed E-state index contributed by atoms with van der Waals surface area (Å²) in [4.78, 5) is 24.9. The fourth-order valence-electron chi connectivity index (χ4n) is 1.68. The van der Waals surface area contributed by atoms with Crippen LogP contribution in [0.15, 0.2) is 0 Å². The topological polar surface area (TPSA) is 46.6 Å². The molecule has 98 valence electrons. The van der Waals surface area contributed by atoms with Crippen molar-refractivity contribution in [1.29, 1.82) is 0 Å². The van der Waals surface area contributed by atoms with Crippen LogP contribution in [0.3, 0.4) is 0 Å². The first-order valence-electron chi connectivity index (χ1n) is 6.24. The zero-order chi connectivity index (χ0) is 12.7. The summed E-state index contributed by atoms with van der Waals surface area (Å²) in [6.07, 6.45) is 2.34.